The number of ketones is 1. The molecule has 0 fully saturated rings. The zero-order chi connectivity index (χ0) is 31.2. The van der Waals surface area contributed by atoms with Gasteiger partial charge in [-0.25, -0.2) is 14.3 Å². The van der Waals surface area contributed by atoms with E-state index in [1.165, 1.54) is 29.6 Å². The first-order valence-corrected chi connectivity index (χ1v) is 16.3. The average molecular weight is 619 g/mol. The van der Waals surface area contributed by atoms with E-state index in [1.54, 1.807) is 16.9 Å². The third-order valence-corrected chi connectivity index (χ3v) is 8.65. The van der Waals surface area contributed by atoms with Crippen LogP contribution in [0.2, 0.25) is 0 Å². The van der Waals surface area contributed by atoms with E-state index >= 15 is 0 Å². The molecule has 0 spiro atoms. The van der Waals surface area contributed by atoms with E-state index in [0.29, 0.717) is 33.9 Å². The number of para-hydroxylation sites is 1. The Bertz CT molecular complexity index is 1670. The Morgan fingerprint density at radius 3 is 2.19 bits per heavy atom. The van der Waals surface area contributed by atoms with Gasteiger partial charge in [-0.1, -0.05) is 54.6 Å². The molecule has 0 unspecified atom stereocenters. The van der Waals surface area contributed by atoms with Gasteiger partial charge in [-0.2, -0.15) is 28.6 Å². The van der Waals surface area contributed by atoms with Crippen molar-refractivity contribution in [2.75, 3.05) is 24.0 Å². The molecule has 0 aliphatic carbocycles. The smallest absolute Gasteiger partial charge is 0.331 e. The number of carbonyl (C=O) groups is 3. The molecule has 4 rings (SSSR count). The minimum Gasteiger partial charge on any atom is -0.480 e. The highest BCUT2D eigenvalue weighted by molar-refractivity contribution is 7.98. The second-order valence-corrected chi connectivity index (χ2v) is 12.1. The third kappa shape index (κ3) is 6.54. The lowest BCUT2D eigenvalue weighted by Gasteiger charge is -2.28. The Kier molecular flexibility index (Phi) is 10.1. The molecule has 0 radical (unpaired) electrons. The topological polar surface area (TPSA) is 162 Å². The van der Waals surface area contributed by atoms with Gasteiger partial charge in [0.25, 0.3) is 0 Å². The molecule has 1 aromatic heterocycles. The molecule has 0 saturated heterocycles. The van der Waals surface area contributed by atoms with E-state index in [0.717, 1.165) is 22.5 Å². The number of fused-ring (bicyclic) bond motifs is 1. The van der Waals surface area contributed by atoms with E-state index < -0.39 is 28.8 Å². The lowest BCUT2D eigenvalue weighted by molar-refractivity contribution is -0.147. The summed E-state index contributed by atoms with van der Waals surface area (Å²) < 4.78 is 1.63. The van der Waals surface area contributed by atoms with Gasteiger partial charge >= 0.3 is 11.9 Å². The molecule has 2 atom stereocenters. The van der Waals surface area contributed by atoms with Crippen LogP contribution in [0, 0.1) is 0 Å². The Morgan fingerprint density at radius 2 is 1.53 bits per heavy atom. The van der Waals surface area contributed by atoms with Crippen molar-refractivity contribution in [2.24, 2.45) is 11.5 Å². The van der Waals surface area contributed by atoms with Crippen LogP contribution in [0.4, 0.5) is 0 Å². The van der Waals surface area contributed by atoms with E-state index in [2.05, 4.69) is 0 Å². The lowest BCUT2D eigenvalue weighted by atomic mass is 9.81. The number of benzene rings is 3. The van der Waals surface area contributed by atoms with Crippen molar-refractivity contribution >= 4 is 58.1 Å². The van der Waals surface area contributed by atoms with E-state index in [1.807, 2.05) is 73.2 Å². The summed E-state index contributed by atoms with van der Waals surface area (Å²) in [7, 11) is 0. The van der Waals surface area contributed by atoms with Crippen LogP contribution in [-0.4, -0.2) is 67.3 Å². The molecule has 43 heavy (non-hydrogen) atoms. The molecule has 4 aromatic rings. The number of hydrogen-bond donors (Lipinski definition) is 4. The maximum atomic E-state index is 13.2. The lowest BCUT2D eigenvalue weighted by Crippen LogP contribution is -2.54. The maximum Gasteiger partial charge on any atom is 0.331 e. The SMILES string of the molecule is CSCC[C@](N)(C(=O)O)C(=O)/C=C/c1cn(-c2ccccc2)nc1-c1c([C@](N)(CCSC)C(=O)O)ccc2ccccc12. The zero-order valence-corrected chi connectivity index (χ0v) is 25.5. The van der Waals surface area contributed by atoms with Gasteiger partial charge in [0.15, 0.2) is 11.3 Å². The molecule has 0 aliphatic heterocycles. The molecule has 6 N–H and O–H groups in total. The highest BCUT2D eigenvalue weighted by atomic mass is 32.2. The fourth-order valence-electron chi connectivity index (χ4n) is 4.85. The Morgan fingerprint density at radius 1 is 0.884 bits per heavy atom. The first kappa shape index (κ1) is 32.0. The van der Waals surface area contributed by atoms with Crippen LogP contribution >= 0.6 is 23.5 Å². The predicted octanol–water partition coefficient (Wildman–Crippen LogP) is 4.80. The molecular weight excluding hydrogens is 585 g/mol. The predicted molar refractivity (Wildman–Crippen MR) is 175 cm³/mol. The number of carboxylic acids is 2. The van der Waals surface area contributed by atoms with Gasteiger partial charge in [0.05, 0.1) is 5.69 Å². The minimum atomic E-state index is -2.09. The summed E-state index contributed by atoms with van der Waals surface area (Å²) >= 11 is 2.90. The molecule has 0 saturated carbocycles. The number of thioether (sulfide) groups is 2. The normalized spacial score (nSPS) is 14.4. The summed E-state index contributed by atoms with van der Waals surface area (Å²) in [6.45, 7) is 0. The van der Waals surface area contributed by atoms with Gasteiger partial charge in [-0.3, -0.25) is 4.79 Å². The summed E-state index contributed by atoms with van der Waals surface area (Å²) in [5.41, 5.74) is 11.5. The van der Waals surface area contributed by atoms with Crippen LogP contribution in [0.1, 0.15) is 24.0 Å². The highest BCUT2D eigenvalue weighted by Gasteiger charge is 2.41. The molecule has 1 heterocycles. The zero-order valence-electron chi connectivity index (χ0n) is 23.9. The van der Waals surface area contributed by atoms with Crippen LogP contribution in [-0.2, 0) is 19.9 Å². The first-order chi connectivity index (χ1) is 20.6. The summed E-state index contributed by atoms with van der Waals surface area (Å²) in [6.07, 6.45) is 8.18. The van der Waals surface area contributed by atoms with Crippen LogP contribution < -0.4 is 11.5 Å². The number of carbonyl (C=O) groups excluding carboxylic acids is 1. The van der Waals surface area contributed by atoms with Crippen molar-refractivity contribution in [3.05, 3.63) is 90.1 Å². The summed E-state index contributed by atoms with van der Waals surface area (Å²) in [6, 6.07) is 20.4. The Labute approximate surface area is 258 Å². The fourth-order valence-corrected chi connectivity index (χ4v) is 5.90. The van der Waals surface area contributed by atoms with Crippen molar-refractivity contribution in [1.82, 2.24) is 9.78 Å². The van der Waals surface area contributed by atoms with Crippen molar-refractivity contribution in [2.45, 2.75) is 23.9 Å². The number of rotatable bonds is 14. The van der Waals surface area contributed by atoms with Crippen LogP contribution in [0.25, 0.3) is 33.8 Å². The van der Waals surface area contributed by atoms with Crippen molar-refractivity contribution < 1.29 is 24.6 Å². The van der Waals surface area contributed by atoms with E-state index in [-0.39, 0.29) is 12.8 Å². The number of aliphatic carboxylic acids is 2. The molecular formula is C32H34N4O5S2. The third-order valence-electron chi connectivity index (χ3n) is 7.43. The van der Waals surface area contributed by atoms with Crippen molar-refractivity contribution in [3.63, 3.8) is 0 Å². The number of hydrogen-bond acceptors (Lipinski definition) is 8. The second kappa shape index (κ2) is 13.6. The van der Waals surface area contributed by atoms with Crippen LogP contribution in [0.5, 0.6) is 0 Å². The molecule has 0 aliphatic rings. The monoisotopic (exact) mass is 618 g/mol. The van der Waals surface area contributed by atoms with Gasteiger partial charge < -0.3 is 21.7 Å². The van der Waals surface area contributed by atoms with Gasteiger partial charge in [0.2, 0.25) is 0 Å². The van der Waals surface area contributed by atoms with Gasteiger partial charge in [-0.15, -0.1) is 0 Å². The molecule has 11 heteroatoms. The summed E-state index contributed by atoms with van der Waals surface area (Å²) in [5.74, 6) is -2.43. The molecule has 224 valence electrons. The molecule has 9 nitrogen and oxygen atoms in total. The quantitative estimate of drug-likeness (QED) is 0.114. The van der Waals surface area contributed by atoms with Crippen molar-refractivity contribution in [1.29, 1.82) is 0 Å². The van der Waals surface area contributed by atoms with Crippen LogP contribution in [0.15, 0.2) is 79.0 Å². The highest BCUT2D eigenvalue weighted by Crippen LogP contribution is 2.40. The Balaban J connectivity index is 2.00. The Hall–Kier alpha value is -3.90. The van der Waals surface area contributed by atoms with E-state index in [4.69, 9.17) is 16.6 Å². The minimum absolute atomic E-state index is 0.0416. The van der Waals surface area contributed by atoms with Gasteiger partial charge in [0, 0.05) is 17.3 Å². The average Bonchev–Trinajstić information content (AvgIpc) is 3.44. The molecule has 0 bridgehead atoms. The number of carboxylic acid groups (broad SMARTS) is 2. The van der Waals surface area contributed by atoms with E-state index in [9.17, 15) is 24.6 Å². The number of nitrogens with zero attached hydrogens (tertiary/aromatic N) is 2. The largest absolute Gasteiger partial charge is 0.480 e. The molecule has 3 aromatic carbocycles. The standard InChI is InChI=1S/C32H34N4O5S2/c1-42-18-16-31(33,29(38)39)25-14-12-21-8-6-7-11-24(21)27(25)28-22(20-36(35-28)23-9-4-3-5-10-23)13-15-26(37)32(34,30(40)41)17-19-43-2/h3-15,20H,16-19,33-34H2,1-2H3,(H,38,39)(H,40,41)/b15-13+/t31-,32-/m1/s1. The number of aromatic nitrogens is 2. The van der Waals surface area contributed by atoms with Crippen molar-refractivity contribution in [3.8, 4) is 16.9 Å². The maximum absolute atomic E-state index is 13.2. The summed E-state index contributed by atoms with van der Waals surface area (Å²) in [4.78, 5) is 38.0. The van der Waals surface area contributed by atoms with Gasteiger partial charge in [-0.05, 0) is 77.5 Å². The second-order valence-electron chi connectivity index (χ2n) is 10.2. The van der Waals surface area contributed by atoms with Gasteiger partial charge in [0.1, 0.15) is 11.2 Å². The first-order valence-electron chi connectivity index (χ1n) is 13.5. The molecule has 0 amide bonds. The van der Waals surface area contributed by atoms with Crippen LogP contribution in [0.3, 0.4) is 0 Å². The fraction of sp³-hybridized carbons (Fsp3) is 0.250. The number of nitrogens with two attached hydrogens (primary N) is 2. The summed E-state index contributed by atoms with van der Waals surface area (Å²) in [5, 5.41) is 26.7.